The number of aliphatic hydroxyl groups is 1. The molecule has 0 aliphatic rings. The zero-order valence-corrected chi connectivity index (χ0v) is 4.79. The van der Waals surface area contributed by atoms with E-state index in [1.807, 2.05) is 0 Å². The first-order chi connectivity index (χ1) is 3.77. The molecule has 0 unspecified atom stereocenters. The number of hydrogen-bond acceptors (Lipinski definition) is 3. The zero-order valence-electron chi connectivity index (χ0n) is 4.79. The van der Waals surface area contributed by atoms with Gasteiger partial charge in [-0.25, -0.2) is 0 Å². The molecule has 0 heterocycles. The number of amidine groups is 1. The molecule has 48 valence electrons. The van der Waals surface area contributed by atoms with Crippen LogP contribution < -0.4 is 5.73 Å². The summed E-state index contributed by atoms with van der Waals surface area (Å²) in [6.07, 6.45) is 0. The van der Waals surface area contributed by atoms with Crippen molar-refractivity contribution in [1.82, 2.24) is 0 Å². The van der Waals surface area contributed by atoms with E-state index in [9.17, 15) is 0 Å². The second kappa shape index (κ2) is 4.39. The lowest BCUT2D eigenvalue weighted by atomic mass is 10.7. The third-order valence-corrected chi connectivity index (χ3v) is 0.391. The van der Waals surface area contributed by atoms with Crippen LogP contribution in [0, 0.1) is 0 Å². The molecule has 0 fully saturated rings. The van der Waals surface area contributed by atoms with Crippen molar-refractivity contribution >= 4 is 5.84 Å². The minimum absolute atomic E-state index is 0.0310. The maximum absolute atomic E-state index is 8.14. The minimum Gasteiger partial charge on any atom is -0.393 e. The largest absolute Gasteiger partial charge is 0.393 e. The molecule has 0 rings (SSSR count). The SMILES string of the molecule is C/C(N)=N/OCCO. The number of nitrogens with zero attached hydrogens (tertiary/aromatic N) is 1. The Balaban J connectivity index is 3.03. The number of aliphatic hydroxyl groups excluding tert-OH is 1. The molecule has 0 aliphatic carbocycles. The molecule has 0 aromatic rings. The summed E-state index contributed by atoms with van der Waals surface area (Å²) < 4.78 is 0. The van der Waals surface area contributed by atoms with Gasteiger partial charge >= 0.3 is 0 Å². The van der Waals surface area contributed by atoms with E-state index in [1.54, 1.807) is 6.92 Å². The third kappa shape index (κ3) is 5.23. The maximum atomic E-state index is 8.14. The Morgan fingerprint density at radius 3 is 2.88 bits per heavy atom. The van der Waals surface area contributed by atoms with Crippen LogP contribution in [0.4, 0.5) is 0 Å². The first-order valence-electron chi connectivity index (χ1n) is 2.30. The lowest BCUT2D eigenvalue weighted by Crippen LogP contribution is -2.06. The van der Waals surface area contributed by atoms with Gasteiger partial charge in [-0.3, -0.25) is 0 Å². The fourth-order valence-electron chi connectivity index (χ4n) is 0.188. The number of oxime groups is 1. The molecule has 8 heavy (non-hydrogen) atoms. The molecule has 0 aromatic heterocycles. The van der Waals surface area contributed by atoms with E-state index in [1.165, 1.54) is 0 Å². The highest BCUT2D eigenvalue weighted by Gasteiger charge is 1.78. The standard InChI is InChI=1S/C4H10N2O2/c1-4(5)6-8-3-2-7/h7H,2-3H2,1H3,(H2,5,6). The van der Waals surface area contributed by atoms with Gasteiger partial charge in [-0.05, 0) is 6.92 Å². The van der Waals surface area contributed by atoms with Crippen molar-refractivity contribution in [3.63, 3.8) is 0 Å². The molecule has 0 radical (unpaired) electrons. The predicted octanol–water partition coefficient (Wildman–Crippen LogP) is -0.713. The smallest absolute Gasteiger partial charge is 0.140 e. The predicted molar refractivity (Wildman–Crippen MR) is 30.3 cm³/mol. The van der Waals surface area contributed by atoms with E-state index < -0.39 is 0 Å². The van der Waals surface area contributed by atoms with Crippen molar-refractivity contribution in [2.45, 2.75) is 6.92 Å². The van der Waals surface area contributed by atoms with Gasteiger partial charge in [0.15, 0.2) is 0 Å². The second-order valence-corrected chi connectivity index (χ2v) is 1.29. The topological polar surface area (TPSA) is 67.8 Å². The van der Waals surface area contributed by atoms with Crippen molar-refractivity contribution in [1.29, 1.82) is 0 Å². The van der Waals surface area contributed by atoms with Gasteiger partial charge < -0.3 is 15.7 Å². The van der Waals surface area contributed by atoms with Crippen LogP contribution in [0.5, 0.6) is 0 Å². The van der Waals surface area contributed by atoms with Crippen molar-refractivity contribution in [2.24, 2.45) is 10.9 Å². The highest BCUT2D eigenvalue weighted by molar-refractivity contribution is 5.76. The van der Waals surface area contributed by atoms with Gasteiger partial charge in [-0.15, -0.1) is 0 Å². The Hall–Kier alpha value is -0.770. The Kier molecular flexibility index (Phi) is 3.97. The Morgan fingerprint density at radius 1 is 1.88 bits per heavy atom. The quantitative estimate of drug-likeness (QED) is 0.222. The molecule has 0 aliphatic heterocycles. The van der Waals surface area contributed by atoms with Gasteiger partial charge in [0, 0.05) is 0 Å². The Labute approximate surface area is 47.9 Å². The number of nitrogens with two attached hydrogens (primary N) is 1. The Bertz CT molecular complexity index is 78.1. The summed E-state index contributed by atoms with van der Waals surface area (Å²) in [6, 6.07) is 0. The summed E-state index contributed by atoms with van der Waals surface area (Å²) in [5.74, 6) is 0.360. The molecular formula is C4H10N2O2. The van der Waals surface area contributed by atoms with Crippen molar-refractivity contribution in [3.8, 4) is 0 Å². The summed E-state index contributed by atoms with van der Waals surface area (Å²) in [4.78, 5) is 4.46. The molecule has 0 saturated heterocycles. The zero-order chi connectivity index (χ0) is 6.41. The van der Waals surface area contributed by atoms with Gasteiger partial charge in [0.25, 0.3) is 0 Å². The second-order valence-electron chi connectivity index (χ2n) is 1.29. The van der Waals surface area contributed by atoms with Crippen LogP contribution in [0.1, 0.15) is 6.92 Å². The van der Waals surface area contributed by atoms with Crippen LogP contribution in [0.3, 0.4) is 0 Å². The molecule has 4 heteroatoms. The molecule has 0 spiro atoms. The van der Waals surface area contributed by atoms with Crippen LogP contribution in [-0.2, 0) is 4.84 Å². The van der Waals surface area contributed by atoms with E-state index in [0.29, 0.717) is 5.84 Å². The van der Waals surface area contributed by atoms with Crippen LogP contribution in [0.15, 0.2) is 5.16 Å². The molecular weight excluding hydrogens is 108 g/mol. The summed E-state index contributed by atoms with van der Waals surface area (Å²) >= 11 is 0. The fourth-order valence-corrected chi connectivity index (χ4v) is 0.188. The molecule has 0 saturated carbocycles. The first-order valence-corrected chi connectivity index (χ1v) is 2.30. The molecule has 0 bridgehead atoms. The van der Waals surface area contributed by atoms with Crippen LogP contribution in [-0.4, -0.2) is 24.2 Å². The van der Waals surface area contributed by atoms with Gasteiger partial charge in [-0.1, -0.05) is 5.16 Å². The number of rotatable bonds is 3. The molecule has 4 nitrogen and oxygen atoms in total. The van der Waals surface area contributed by atoms with Crippen molar-refractivity contribution in [3.05, 3.63) is 0 Å². The van der Waals surface area contributed by atoms with Crippen molar-refractivity contribution < 1.29 is 9.94 Å². The highest BCUT2D eigenvalue weighted by atomic mass is 16.6. The third-order valence-electron chi connectivity index (χ3n) is 0.391. The normalized spacial score (nSPS) is 11.5. The lowest BCUT2D eigenvalue weighted by Gasteiger charge is -1.92. The van der Waals surface area contributed by atoms with Gasteiger partial charge in [0.05, 0.1) is 6.61 Å². The monoisotopic (exact) mass is 118 g/mol. The maximum Gasteiger partial charge on any atom is 0.140 e. The van der Waals surface area contributed by atoms with Gasteiger partial charge in [0.1, 0.15) is 12.4 Å². The van der Waals surface area contributed by atoms with E-state index in [4.69, 9.17) is 10.8 Å². The summed E-state index contributed by atoms with van der Waals surface area (Å²) in [5, 5.41) is 11.5. The summed E-state index contributed by atoms with van der Waals surface area (Å²) in [7, 11) is 0. The average molecular weight is 118 g/mol. The van der Waals surface area contributed by atoms with E-state index >= 15 is 0 Å². The van der Waals surface area contributed by atoms with Gasteiger partial charge in [-0.2, -0.15) is 0 Å². The summed E-state index contributed by atoms with van der Waals surface area (Å²) in [6.45, 7) is 1.78. The van der Waals surface area contributed by atoms with Crippen molar-refractivity contribution in [2.75, 3.05) is 13.2 Å². The van der Waals surface area contributed by atoms with Crippen LogP contribution >= 0.6 is 0 Å². The summed E-state index contributed by atoms with van der Waals surface area (Å²) in [5.41, 5.74) is 5.08. The molecule has 0 aromatic carbocycles. The molecule has 0 atom stereocenters. The average Bonchev–Trinajstić information content (AvgIpc) is 1.66. The Morgan fingerprint density at radius 2 is 2.50 bits per heavy atom. The highest BCUT2D eigenvalue weighted by Crippen LogP contribution is 1.72. The number of hydrogen-bond donors (Lipinski definition) is 2. The fraction of sp³-hybridized carbons (Fsp3) is 0.750. The molecule has 3 N–H and O–H groups in total. The lowest BCUT2D eigenvalue weighted by molar-refractivity contribution is 0.0983. The van der Waals surface area contributed by atoms with Crippen LogP contribution in [0.2, 0.25) is 0 Å². The first kappa shape index (κ1) is 7.23. The molecule has 0 amide bonds. The van der Waals surface area contributed by atoms with Gasteiger partial charge in [0.2, 0.25) is 0 Å². The van der Waals surface area contributed by atoms with E-state index in [-0.39, 0.29) is 13.2 Å². The van der Waals surface area contributed by atoms with E-state index in [0.717, 1.165) is 0 Å². The van der Waals surface area contributed by atoms with Crippen LogP contribution in [0.25, 0.3) is 0 Å². The van der Waals surface area contributed by atoms with E-state index in [2.05, 4.69) is 9.99 Å². The minimum atomic E-state index is -0.0310.